The van der Waals surface area contributed by atoms with Crippen LogP contribution in [0, 0.1) is 11.8 Å². The van der Waals surface area contributed by atoms with Crippen molar-refractivity contribution in [3.8, 4) is 0 Å². The summed E-state index contributed by atoms with van der Waals surface area (Å²) in [5.74, 6) is -2.35. The van der Waals surface area contributed by atoms with E-state index in [9.17, 15) is 19.2 Å². The summed E-state index contributed by atoms with van der Waals surface area (Å²) in [6.07, 6.45) is 4.82. The van der Waals surface area contributed by atoms with E-state index in [1.165, 1.54) is 5.01 Å². The molecule has 37 heavy (non-hydrogen) atoms. The number of nitrogens with zero attached hydrogens (tertiary/aromatic N) is 4. The van der Waals surface area contributed by atoms with Gasteiger partial charge in [-0.2, -0.15) is 5.10 Å². The van der Waals surface area contributed by atoms with Gasteiger partial charge in [0.1, 0.15) is 6.54 Å². The maximum atomic E-state index is 13.6. The lowest BCUT2D eigenvalue weighted by Crippen LogP contribution is -2.43. The lowest BCUT2D eigenvalue weighted by atomic mass is 9.77. The minimum atomic E-state index is -0.968. The molecule has 3 aliphatic rings. The summed E-state index contributed by atoms with van der Waals surface area (Å²) in [7, 11) is 0. The Bertz CT molecular complexity index is 1290. The van der Waals surface area contributed by atoms with Crippen LogP contribution >= 0.6 is 0 Å². The topological polar surface area (TPSA) is 90.4 Å². The van der Waals surface area contributed by atoms with Gasteiger partial charge in [0, 0.05) is 12.5 Å². The van der Waals surface area contributed by atoms with Gasteiger partial charge in [0.2, 0.25) is 0 Å². The van der Waals surface area contributed by atoms with Crippen LogP contribution in [0.1, 0.15) is 50.3 Å². The lowest BCUT2D eigenvalue weighted by Gasteiger charge is -2.30. The highest BCUT2D eigenvalue weighted by Crippen LogP contribution is 2.44. The summed E-state index contributed by atoms with van der Waals surface area (Å²) < 4.78 is 0. The van der Waals surface area contributed by atoms with Gasteiger partial charge >= 0.3 is 17.8 Å². The van der Waals surface area contributed by atoms with E-state index >= 15 is 0 Å². The van der Waals surface area contributed by atoms with Gasteiger partial charge in [-0.15, -0.1) is 0 Å². The van der Waals surface area contributed by atoms with E-state index in [2.05, 4.69) is 6.08 Å². The standard InChI is InChI=1S/C29H30N4O4/c1-19(2)17-31-27(35)28(36)32(29(31)37)18-24(34)33-26(21-12-7-4-8-13-21)23-15-9-14-22(25(23)30-33)16-20-10-5-3-6-11-20/h3-8,10-13,16,19,23,26H,9,14-15,17-18H2,1-2H3/b22-16+. The third kappa shape index (κ3) is 4.71. The second kappa shape index (κ2) is 10.1. The Labute approximate surface area is 216 Å². The predicted octanol–water partition coefficient (Wildman–Crippen LogP) is 4.26. The SMILES string of the molecule is CC(C)CN1C(=O)C(=O)N(CC(=O)N2N=C3/C(=C/c4ccccc4)CCCC3C2c2ccccc2)C1=O. The van der Waals surface area contributed by atoms with Crippen molar-refractivity contribution in [1.82, 2.24) is 14.8 Å². The van der Waals surface area contributed by atoms with Crippen molar-refractivity contribution >= 4 is 35.5 Å². The number of hydrogen-bond donors (Lipinski definition) is 0. The number of imide groups is 2. The summed E-state index contributed by atoms with van der Waals surface area (Å²) in [5, 5.41) is 6.23. The normalized spacial score (nSPS) is 22.8. The largest absolute Gasteiger partial charge is 0.334 e. The fraction of sp³-hybridized carbons (Fsp3) is 0.345. The molecule has 2 aliphatic heterocycles. The third-order valence-electron chi connectivity index (χ3n) is 7.01. The summed E-state index contributed by atoms with van der Waals surface area (Å²) in [4.78, 5) is 53.2. The molecule has 1 saturated carbocycles. The lowest BCUT2D eigenvalue weighted by molar-refractivity contribution is -0.145. The molecule has 2 atom stereocenters. The maximum Gasteiger partial charge on any atom is 0.334 e. The van der Waals surface area contributed by atoms with Crippen LogP contribution in [0.3, 0.4) is 0 Å². The second-order valence-corrected chi connectivity index (χ2v) is 10.1. The zero-order valence-electron chi connectivity index (χ0n) is 21.0. The number of rotatable bonds is 6. The summed E-state index contributed by atoms with van der Waals surface area (Å²) in [5.41, 5.74) is 3.97. The van der Waals surface area contributed by atoms with E-state index < -0.39 is 30.3 Å². The van der Waals surface area contributed by atoms with Crippen molar-refractivity contribution in [2.45, 2.75) is 39.2 Å². The van der Waals surface area contributed by atoms with Gasteiger partial charge in [0.25, 0.3) is 5.91 Å². The Hall–Kier alpha value is -4.07. The first-order valence-electron chi connectivity index (χ1n) is 12.7. The van der Waals surface area contributed by atoms with Crippen LogP contribution < -0.4 is 0 Å². The number of urea groups is 1. The molecule has 1 aliphatic carbocycles. The molecular weight excluding hydrogens is 468 g/mol. The second-order valence-electron chi connectivity index (χ2n) is 10.1. The van der Waals surface area contributed by atoms with E-state index in [-0.39, 0.29) is 24.4 Å². The number of carbonyl (C=O) groups is 4. The zero-order valence-corrected chi connectivity index (χ0v) is 21.0. The molecule has 5 amide bonds. The summed E-state index contributed by atoms with van der Waals surface area (Å²) in [6, 6.07) is 18.6. The molecule has 5 rings (SSSR count). The van der Waals surface area contributed by atoms with Crippen LogP contribution in [0.4, 0.5) is 4.79 Å². The first kappa shape index (κ1) is 24.6. The molecule has 2 unspecified atom stereocenters. The first-order chi connectivity index (χ1) is 17.8. The molecule has 8 heteroatoms. The van der Waals surface area contributed by atoms with E-state index in [1.54, 1.807) is 0 Å². The van der Waals surface area contributed by atoms with Crippen molar-refractivity contribution in [3.05, 3.63) is 77.4 Å². The number of allylic oxidation sites excluding steroid dienone is 1. The number of amides is 5. The van der Waals surface area contributed by atoms with Crippen LogP contribution in [-0.4, -0.2) is 57.4 Å². The van der Waals surface area contributed by atoms with Crippen LogP contribution in [0.25, 0.3) is 6.08 Å². The Balaban J connectivity index is 1.47. The smallest absolute Gasteiger partial charge is 0.271 e. The monoisotopic (exact) mass is 498 g/mol. The summed E-state index contributed by atoms with van der Waals surface area (Å²) >= 11 is 0. The minimum absolute atomic E-state index is 0.000820. The van der Waals surface area contributed by atoms with E-state index in [0.717, 1.165) is 51.5 Å². The van der Waals surface area contributed by atoms with Crippen LogP contribution in [0.2, 0.25) is 0 Å². The zero-order chi connectivity index (χ0) is 26.1. The maximum absolute atomic E-state index is 13.6. The fourth-order valence-corrected chi connectivity index (χ4v) is 5.36. The summed E-state index contributed by atoms with van der Waals surface area (Å²) in [6.45, 7) is 3.31. The van der Waals surface area contributed by atoms with E-state index in [4.69, 9.17) is 5.10 Å². The van der Waals surface area contributed by atoms with Crippen molar-refractivity contribution in [3.63, 3.8) is 0 Å². The molecule has 2 aromatic rings. The Kier molecular flexibility index (Phi) is 6.74. The average molecular weight is 499 g/mol. The van der Waals surface area contributed by atoms with Gasteiger partial charge in [-0.1, -0.05) is 74.5 Å². The van der Waals surface area contributed by atoms with E-state index in [0.29, 0.717) is 0 Å². The van der Waals surface area contributed by atoms with Crippen LogP contribution in [-0.2, 0) is 14.4 Å². The molecular formula is C29H30N4O4. The molecule has 2 heterocycles. The molecule has 2 fully saturated rings. The molecule has 2 aromatic carbocycles. The van der Waals surface area contributed by atoms with E-state index in [1.807, 2.05) is 74.5 Å². The molecule has 0 aromatic heterocycles. The first-order valence-corrected chi connectivity index (χ1v) is 12.7. The number of hydrazone groups is 1. The van der Waals surface area contributed by atoms with Gasteiger partial charge in [0.05, 0.1) is 11.8 Å². The fourth-order valence-electron chi connectivity index (χ4n) is 5.36. The average Bonchev–Trinajstić information content (AvgIpc) is 3.38. The van der Waals surface area contributed by atoms with Gasteiger partial charge in [-0.05, 0) is 48.0 Å². The van der Waals surface area contributed by atoms with Crippen LogP contribution in [0.5, 0.6) is 0 Å². The van der Waals surface area contributed by atoms with Gasteiger partial charge in [-0.25, -0.2) is 14.7 Å². The number of carbonyl (C=O) groups excluding carboxylic acids is 4. The third-order valence-corrected chi connectivity index (χ3v) is 7.01. The highest BCUT2D eigenvalue weighted by molar-refractivity contribution is 6.45. The van der Waals surface area contributed by atoms with Gasteiger partial charge < -0.3 is 0 Å². The highest BCUT2D eigenvalue weighted by atomic mass is 16.2. The molecule has 1 saturated heterocycles. The van der Waals surface area contributed by atoms with Crippen LogP contribution in [0.15, 0.2) is 71.3 Å². The Morgan fingerprint density at radius 3 is 2.30 bits per heavy atom. The van der Waals surface area contributed by atoms with Gasteiger partial charge in [0.15, 0.2) is 0 Å². The van der Waals surface area contributed by atoms with Crippen molar-refractivity contribution in [2.24, 2.45) is 16.9 Å². The van der Waals surface area contributed by atoms with Crippen molar-refractivity contribution < 1.29 is 19.2 Å². The molecule has 190 valence electrons. The van der Waals surface area contributed by atoms with Gasteiger partial charge in [-0.3, -0.25) is 19.3 Å². The minimum Gasteiger partial charge on any atom is -0.271 e. The molecule has 0 radical (unpaired) electrons. The predicted molar refractivity (Wildman–Crippen MR) is 139 cm³/mol. The molecule has 0 spiro atoms. The number of fused-ring (bicyclic) bond motifs is 1. The quantitative estimate of drug-likeness (QED) is 0.440. The molecule has 0 bridgehead atoms. The highest BCUT2D eigenvalue weighted by Gasteiger charge is 2.48. The molecule has 0 N–H and O–H groups in total. The number of benzene rings is 2. The Morgan fingerprint density at radius 1 is 0.973 bits per heavy atom. The van der Waals surface area contributed by atoms with Crippen molar-refractivity contribution in [1.29, 1.82) is 0 Å². The molecule has 8 nitrogen and oxygen atoms in total. The Morgan fingerprint density at radius 2 is 1.62 bits per heavy atom. The number of hydrogen-bond acceptors (Lipinski definition) is 5. The van der Waals surface area contributed by atoms with Crippen molar-refractivity contribution in [2.75, 3.05) is 13.1 Å².